The standard InChI is InChI=1S/C20H19N3/c1-3-9-18(10-4-1)16-23(17-19-11-5-2-6-12-19)22-15-20-13-7-8-14-21-20/h1-15H,16-17H2. The van der Waals surface area contributed by atoms with Gasteiger partial charge in [-0.15, -0.1) is 0 Å². The molecule has 0 saturated heterocycles. The molecule has 0 aliphatic heterocycles. The maximum absolute atomic E-state index is 4.63. The summed E-state index contributed by atoms with van der Waals surface area (Å²) in [5.41, 5.74) is 3.34. The second kappa shape index (κ2) is 7.90. The molecule has 2 aromatic carbocycles. The molecule has 3 aromatic rings. The first-order valence-electron chi connectivity index (χ1n) is 7.68. The van der Waals surface area contributed by atoms with Crippen LogP contribution in [-0.2, 0) is 13.1 Å². The Kier molecular flexibility index (Phi) is 5.14. The average Bonchev–Trinajstić information content (AvgIpc) is 2.62. The van der Waals surface area contributed by atoms with Gasteiger partial charge in [0.15, 0.2) is 0 Å². The molecule has 0 N–H and O–H groups in total. The van der Waals surface area contributed by atoms with Crippen LogP contribution in [0.4, 0.5) is 0 Å². The van der Waals surface area contributed by atoms with Crippen molar-refractivity contribution in [3.63, 3.8) is 0 Å². The van der Waals surface area contributed by atoms with Gasteiger partial charge in [0.25, 0.3) is 0 Å². The van der Waals surface area contributed by atoms with Gasteiger partial charge in [-0.05, 0) is 23.3 Å². The minimum absolute atomic E-state index is 0.763. The smallest absolute Gasteiger partial charge is 0.0830 e. The molecular weight excluding hydrogens is 282 g/mol. The van der Waals surface area contributed by atoms with E-state index < -0.39 is 0 Å². The van der Waals surface area contributed by atoms with Crippen molar-refractivity contribution in [3.8, 4) is 0 Å². The molecule has 23 heavy (non-hydrogen) atoms. The van der Waals surface area contributed by atoms with Crippen LogP contribution in [0.5, 0.6) is 0 Å². The zero-order chi connectivity index (χ0) is 15.7. The Balaban J connectivity index is 1.76. The van der Waals surface area contributed by atoms with Crippen molar-refractivity contribution < 1.29 is 0 Å². The van der Waals surface area contributed by atoms with Gasteiger partial charge in [-0.3, -0.25) is 9.99 Å². The van der Waals surface area contributed by atoms with Crippen molar-refractivity contribution in [3.05, 3.63) is 102 Å². The largest absolute Gasteiger partial charge is 0.288 e. The summed E-state index contributed by atoms with van der Waals surface area (Å²) in [5.74, 6) is 0. The van der Waals surface area contributed by atoms with Gasteiger partial charge >= 0.3 is 0 Å². The molecule has 0 amide bonds. The van der Waals surface area contributed by atoms with Gasteiger partial charge < -0.3 is 0 Å². The molecule has 0 unspecified atom stereocenters. The SMILES string of the molecule is C(=NN(Cc1ccccc1)Cc1ccccc1)c1ccccn1. The van der Waals surface area contributed by atoms with Gasteiger partial charge in [0.05, 0.1) is 25.0 Å². The molecule has 3 nitrogen and oxygen atoms in total. The topological polar surface area (TPSA) is 28.5 Å². The molecule has 0 aliphatic carbocycles. The monoisotopic (exact) mass is 301 g/mol. The van der Waals surface area contributed by atoms with Crippen molar-refractivity contribution in [2.24, 2.45) is 5.10 Å². The number of benzene rings is 2. The first-order valence-corrected chi connectivity index (χ1v) is 7.68. The zero-order valence-electron chi connectivity index (χ0n) is 12.9. The number of hydrogen-bond donors (Lipinski definition) is 0. The van der Waals surface area contributed by atoms with E-state index >= 15 is 0 Å². The van der Waals surface area contributed by atoms with Crippen LogP contribution in [0.15, 0.2) is 90.2 Å². The van der Waals surface area contributed by atoms with Crippen LogP contribution in [0.2, 0.25) is 0 Å². The third-order valence-corrected chi connectivity index (χ3v) is 3.46. The Morgan fingerprint density at radius 1 is 0.739 bits per heavy atom. The Bertz CT molecular complexity index is 683. The van der Waals surface area contributed by atoms with E-state index in [-0.39, 0.29) is 0 Å². The average molecular weight is 301 g/mol. The third kappa shape index (κ3) is 4.78. The molecular formula is C20H19N3. The summed E-state index contributed by atoms with van der Waals surface area (Å²) in [6, 6.07) is 26.6. The number of hydrazone groups is 1. The summed E-state index contributed by atoms with van der Waals surface area (Å²) in [4.78, 5) is 4.29. The number of aromatic nitrogens is 1. The minimum Gasteiger partial charge on any atom is -0.288 e. The molecule has 0 atom stereocenters. The molecule has 0 spiro atoms. The second-order valence-electron chi connectivity index (χ2n) is 5.29. The molecule has 114 valence electrons. The summed E-state index contributed by atoms with van der Waals surface area (Å²) in [7, 11) is 0. The van der Waals surface area contributed by atoms with Gasteiger partial charge in [-0.1, -0.05) is 66.7 Å². The number of rotatable bonds is 6. The predicted octanol–water partition coefficient (Wildman–Crippen LogP) is 4.12. The van der Waals surface area contributed by atoms with Crippen LogP contribution in [-0.4, -0.2) is 16.2 Å². The highest BCUT2D eigenvalue weighted by Crippen LogP contribution is 2.10. The summed E-state index contributed by atoms with van der Waals surface area (Å²) in [6.45, 7) is 1.53. The Labute approximate surface area is 136 Å². The van der Waals surface area contributed by atoms with Crippen LogP contribution in [0.3, 0.4) is 0 Å². The summed E-state index contributed by atoms with van der Waals surface area (Å²) in [6.07, 6.45) is 3.59. The minimum atomic E-state index is 0.763. The van der Waals surface area contributed by atoms with Crippen LogP contribution >= 0.6 is 0 Å². The second-order valence-corrected chi connectivity index (χ2v) is 5.29. The molecule has 1 aromatic heterocycles. The van der Waals surface area contributed by atoms with Gasteiger partial charge in [0.2, 0.25) is 0 Å². The van der Waals surface area contributed by atoms with Crippen LogP contribution in [0, 0.1) is 0 Å². The summed E-state index contributed by atoms with van der Waals surface area (Å²) < 4.78 is 0. The van der Waals surface area contributed by atoms with E-state index in [0.29, 0.717) is 0 Å². The van der Waals surface area contributed by atoms with E-state index in [1.165, 1.54) is 11.1 Å². The quantitative estimate of drug-likeness (QED) is 0.506. The van der Waals surface area contributed by atoms with E-state index in [1.54, 1.807) is 6.20 Å². The Morgan fingerprint density at radius 3 is 1.83 bits per heavy atom. The molecule has 0 bridgehead atoms. The van der Waals surface area contributed by atoms with Crippen LogP contribution in [0.1, 0.15) is 16.8 Å². The van der Waals surface area contributed by atoms with Crippen molar-refractivity contribution in [2.75, 3.05) is 0 Å². The molecule has 3 rings (SSSR count). The first-order chi connectivity index (χ1) is 11.4. The maximum atomic E-state index is 4.63. The van der Waals surface area contributed by atoms with Gasteiger partial charge in [-0.2, -0.15) is 5.10 Å². The molecule has 3 heteroatoms. The van der Waals surface area contributed by atoms with Gasteiger partial charge in [0.1, 0.15) is 0 Å². The highest BCUT2D eigenvalue weighted by molar-refractivity contribution is 5.76. The Morgan fingerprint density at radius 2 is 1.30 bits per heavy atom. The first kappa shape index (κ1) is 15.0. The van der Waals surface area contributed by atoms with Gasteiger partial charge in [-0.25, -0.2) is 0 Å². The van der Waals surface area contributed by atoms with Crippen LogP contribution < -0.4 is 0 Å². The molecule has 0 aliphatic rings. The lowest BCUT2D eigenvalue weighted by Gasteiger charge is -2.19. The molecule has 1 heterocycles. The fraction of sp³-hybridized carbons (Fsp3) is 0.100. The number of pyridine rings is 1. The van der Waals surface area contributed by atoms with Crippen molar-refractivity contribution in [2.45, 2.75) is 13.1 Å². The Hall–Kier alpha value is -2.94. The lowest BCUT2D eigenvalue weighted by atomic mass is 10.2. The fourth-order valence-electron chi connectivity index (χ4n) is 2.32. The zero-order valence-corrected chi connectivity index (χ0v) is 12.9. The van der Waals surface area contributed by atoms with Crippen LogP contribution in [0.25, 0.3) is 0 Å². The van der Waals surface area contributed by atoms with E-state index in [0.717, 1.165) is 18.8 Å². The number of hydrogen-bond acceptors (Lipinski definition) is 3. The van der Waals surface area contributed by atoms with E-state index in [1.807, 2.05) is 36.5 Å². The van der Waals surface area contributed by atoms with Gasteiger partial charge in [0, 0.05) is 6.20 Å². The molecule has 0 saturated carbocycles. The lowest BCUT2D eigenvalue weighted by Crippen LogP contribution is -2.17. The lowest BCUT2D eigenvalue weighted by molar-refractivity contribution is 0.272. The normalized spacial score (nSPS) is 10.8. The van der Waals surface area contributed by atoms with Crippen molar-refractivity contribution in [1.82, 2.24) is 9.99 Å². The third-order valence-electron chi connectivity index (χ3n) is 3.46. The highest BCUT2D eigenvalue weighted by Gasteiger charge is 2.04. The number of nitrogens with zero attached hydrogens (tertiary/aromatic N) is 3. The van der Waals surface area contributed by atoms with E-state index in [9.17, 15) is 0 Å². The molecule has 0 radical (unpaired) electrons. The van der Waals surface area contributed by atoms with E-state index in [2.05, 4.69) is 63.6 Å². The van der Waals surface area contributed by atoms with E-state index in [4.69, 9.17) is 0 Å². The highest BCUT2D eigenvalue weighted by atomic mass is 15.4. The fourth-order valence-corrected chi connectivity index (χ4v) is 2.32. The summed E-state index contributed by atoms with van der Waals surface area (Å²) in [5, 5.41) is 6.69. The van der Waals surface area contributed by atoms with Crippen molar-refractivity contribution >= 4 is 6.21 Å². The maximum Gasteiger partial charge on any atom is 0.0830 e. The molecule has 0 fully saturated rings. The predicted molar refractivity (Wildman–Crippen MR) is 94.0 cm³/mol. The van der Waals surface area contributed by atoms with Crippen molar-refractivity contribution in [1.29, 1.82) is 0 Å². The summed E-state index contributed by atoms with van der Waals surface area (Å²) >= 11 is 0.